The monoisotopic (exact) mass is 746 g/mol. The summed E-state index contributed by atoms with van der Waals surface area (Å²) in [5.74, 6) is 0.964. The maximum atomic E-state index is 11.8. The van der Waals surface area contributed by atoms with Gasteiger partial charge in [-0.15, -0.1) is 0 Å². The summed E-state index contributed by atoms with van der Waals surface area (Å²) >= 11 is 0. The molecule has 0 aliphatic heterocycles. The van der Waals surface area contributed by atoms with Crippen molar-refractivity contribution in [1.29, 1.82) is 0 Å². The van der Waals surface area contributed by atoms with Gasteiger partial charge in [0.25, 0.3) is 6.47 Å². The van der Waals surface area contributed by atoms with Gasteiger partial charge >= 0.3 is 5.97 Å². The second kappa shape index (κ2) is 56.2. The van der Waals surface area contributed by atoms with E-state index >= 15 is 0 Å². The molecule has 0 radical (unpaired) electrons. The van der Waals surface area contributed by atoms with Gasteiger partial charge in [-0.3, -0.25) is 9.59 Å². The third-order valence-electron chi connectivity index (χ3n) is 9.80. The second-order valence-electron chi connectivity index (χ2n) is 14.4. The smallest absolute Gasteiger partial charge is 0.305 e. The van der Waals surface area contributed by atoms with E-state index in [4.69, 9.17) is 24.5 Å². The zero-order valence-corrected chi connectivity index (χ0v) is 35.2. The standard InChI is InChI=1S/C41H83NO3.CH2O2.CH4O.CH2O/c1-4-7-10-13-18-24-31-40(32-25-19-14-11-8-5-2)33-26-20-17-23-29-36-42(37-38-43)35-28-22-16-15-21-27-34-41(44)45-39-30-12-9-6-3;2-1-3;2*1-2/h40,43H,4-39H2,1-3H3;1H,(H,2,3);2H,1H3;1H2. The molecule has 0 unspecified atom stereocenters. The lowest BCUT2D eigenvalue weighted by molar-refractivity contribution is -0.144. The fourth-order valence-corrected chi connectivity index (χ4v) is 6.73. The largest absolute Gasteiger partial charge is 0.483 e. The zero-order valence-electron chi connectivity index (χ0n) is 35.2. The predicted octanol–water partition coefficient (Wildman–Crippen LogP) is 11.7. The summed E-state index contributed by atoms with van der Waals surface area (Å²) in [7, 11) is 1.00. The molecule has 0 amide bonds. The van der Waals surface area contributed by atoms with Crippen LogP contribution in [-0.2, 0) is 19.1 Å². The first-order valence-corrected chi connectivity index (χ1v) is 21.9. The summed E-state index contributed by atoms with van der Waals surface area (Å²) in [5, 5.41) is 23.4. The van der Waals surface area contributed by atoms with Crippen molar-refractivity contribution in [2.45, 2.75) is 220 Å². The molecule has 0 aromatic heterocycles. The molecule has 0 aromatic carbocycles. The number of hydrogen-bond donors (Lipinski definition) is 3. The number of esters is 1. The predicted molar refractivity (Wildman–Crippen MR) is 222 cm³/mol. The van der Waals surface area contributed by atoms with Crippen LogP contribution in [0.5, 0.6) is 0 Å². The first-order valence-electron chi connectivity index (χ1n) is 21.9. The molecule has 0 saturated heterocycles. The van der Waals surface area contributed by atoms with Gasteiger partial charge in [-0.2, -0.15) is 0 Å². The molecule has 52 heavy (non-hydrogen) atoms. The molecule has 0 aromatic rings. The molecule has 0 saturated carbocycles. The minimum absolute atomic E-state index is 0.0117. The van der Waals surface area contributed by atoms with E-state index in [0.717, 1.165) is 51.9 Å². The molecule has 0 spiro atoms. The van der Waals surface area contributed by atoms with Crippen LogP contribution >= 0.6 is 0 Å². The average Bonchev–Trinajstić information content (AvgIpc) is 3.16. The van der Waals surface area contributed by atoms with E-state index in [-0.39, 0.29) is 19.0 Å². The van der Waals surface area contributed by atoms with E-state index in [2.05, 4.69) is 25.7 Å². The van der Waals surface area contributed by atoms with Gasteiger partial charge < -0.3 is 29.8 Å². The molecule has 0 aliphatic rings. The number of ether oxygens (including phenoxy) is 1. The van der Waals surface area contributed by atoms with E-state index in [1.807, 2.05) is 6.79 Å². The molecule has 0 aliphatic carbocycles. The minimum Gasteiger partial charge on any atom is -0.483 e. The lowest BCUT2D eigenvalue weighted by Gasteiger charge is -2.21. The van der Waals surface area contributed by atoms with Gasteiger partial charge in [0.15, 0.2) is 0 Å². The van der Waals surface area contributed by atoms with Gasteiger partial charge in [-0.05, 0) is 44.7 Å². The van der Waals surface area contributed by atoms with Crippen molar-refractivity contribution in [1.82, 2.24) is 4.90 Å². The number of hydrogen-bond acceptors (Lipinski definition) is 7. The van der Waals surface area contributed by atoms with Crippen molar-refractivity contribution in [2.24, 2.45) is 5.92 Å². The SMILES string of the molecule is C=O.CCCCCCCCC(CCCCCCCC)CCCCCCCN(CCO)CCCCCCCCC(=O)OCCCCCC.CO.O=CO. The van der Waals surface area contributed by atoms with Crippen LogP contribution in [0.1, 0.15) is 220 Å². The Kier molecular flexibility index (Phi) is 61.9. The Morgan fingerprint density at radius 2 is 0.885 bits per heavy atom. The molecule has 8 heteroatoms. The molecule has 314 valence electrons. The van der Waals surface area contributed by atoms with Gasteiger partial charge in [-0.25, -0.2) is 0 Å². The summed E-state index contributed by atoms with van der Waals surface area (Å²) in [6.45, 7) is 12.5. The van der Waals surface area contributed by atoms with E-state index in [1.165, 1.54) is 173 Å². The molecule has 8 nitrogen and oxygen atoms in total. The topological polar surface area (TPSA) is 124 Å². The molecular weight excluding hydrogens is 654 g/mol. The first-order chi connectivity index (χ1) is 25.6. The molecule has 0 bridgehead atoms. The number of carbonyl (C=O) groups is 3. The Morgan fingerprint density at radius 3 is 1.27 bits per heavy atom. The van der Waals surface area contributed by atoms with Gasteiger partial charge in [0.2, 0.25) is 0 Å². The molecule has 3 N–H and O–H groups in total. The number of nitrogens with zero attached hydrogens (tertiary/aromatic N) is 1. The van der Waals surface area contributed by atoms with E-state index in [9.17, 15) is 9.90 Å². The second-order valence-corrected chi connectivity index (χ2v) is 14.4. The molecule has 0 fully saturated rings. The van der Waals surface area contributed by atoms with Crippen molar-refractivity contribution in [3.8, 4) is 0 Å². The summed E-state index contributed by atoms with van der Waals surface area (Å²) in [5.41, 5.74) is 0. The average molecular weight is 746 g/mol. The number of carbonyl (C=O) groups excluding carboxylic acids is 2. The van der Waals surface area contributed by atoms with Crippen LogP contribution in [-0.4, -0.2) is 79.4 Å². The highest BCUT2D eigenvalue weighted by atomic mass is 16.5. The summed E-state index contributed by atoms with van der Waals surface area (Å²) in [6, 6.07) is 0. The first kappa shape index (κ1) is 57.2. The van der Waals surface area contributed by atoms with E-state index < -0.39 is 0 Å². The van der Waals surface area contributed by atoms with Gasteiger partial charge in [-0.1, -0.05) is 188 Å². The van der Waals surface area contributed by atoms with Crippen LogP contribution in [0.3, 0.4) is 0 Å². The van der Waals surface area contributed by atoms with Crippen LogP contribution in [0, 0.1) is 5.92 Å². The normalized spacial score (nSPS) is 10.5. The molecule has 0 heterocycles. The molecule has 0 atom stereocenters. The van der Waals surface area contributed by atoms with Crippen LogP contribution < -0.4 is 0 Å². The quantitative estimate of drug-likeness (QED) is 0.0324. The van der Waals surface area contributed by atoms with Crippen LogP contribution in [0.2, 0.25) is 0 Å². The van der Waals surface area contributed by atoms with Crippen LogP contribution in [0.4, 0.5) is 0 Å². The highest BCUT2D eigenvalue weighted by molar-refractivity contribution is 5.69. The Bertz CT molecular complexity index is 622. The van der Waals surface area contributed by atoms with Gasteiger partial charge in [0, 0.05) is 20.1 Å². The summed E-state index contributed by atoms with van der Waals surface area (Å²) in [4.78, 5) is 30.7. The number of carboxylic acid groups (broad SMARTS) is 1. The lowest BCUT2D eigenvalue weighted by Crippen LogP contribution is -2.29. The fraction of sp³-hybridized carbons (Fsp3) is 0.932. The van der Waals surface area contributed by atoms with Crippen molar-refractivity contribution < 1.29 is 34.4 Å². The number of rotatable bonds is 38. The van der Waals surface area contributed by atoms with Crippen molar-refractivity contribution in [2.75, 3.05) is 40.0 Å². The van der Waals surface area contributed by atoms with Crippen LogP contribution in [0.25, 0.3) is 0 Å². The fourth-order valence-electron chi connectivity index (χ4n) is 6.73. The highest BCUT2D eigenvalue weighted by Gasteiger charge is 2.09. The maximum Gasteiger partial charge on any atom is 0.305 e. The molecular formula is C44H91NO7. The van der Waals surface area contributed by atoms with Crippen molar-refractivity contribution >= 4 is 19.2 Å². The lowest BCUT2D eigenvalue weighted by atomic mass is 9.89. The maximum absolute atomic E-state index is 11.8. The zero-order chi connectivity index (χ0) is 39.6. The van der Waals surface area contributed by atoms with Crippen molar-refractivity contribution in [3.63, 3.8) is 0 Å². The third kappa shape index (κ3) is 52.8. The van der Waals surface area contributed by atoms with Crippen molar-refractivity contribution in [3.05, 3.63) is 0 Å². The Labute approximate surface area is 323 Å². The Morgan fingerprint density at radius 1 is 0.558 bits per heavy atom. The summed E-state index contributed by atoms with van der Waals surface area (Å²) < 4.78 is 5.34. The van der Waals surface area contributed by atoms with E-state index in [1.54, 1.807) is 0 Å². The Hall–Kier alpha value is -1.51. The van der Waals surface area contributed by atoms with Gasteiger partial charge in [0.05, 0.1) is 13.2 Å². The van der Waals surface area contributed by atoms with E-state index in [0.29, 0.717) is 13.0 Å². The number of aliphatic hydroxyl groups is 2. The third-order valence-corrected chi connectivity index (χ3v) is 9.80. The Balaban J connectivity index is -0.00000153. The highest BCUT2D eigenvalue weighted by Crippen LogP contribution is 2.25. The van der Waals surface area contributed by atoms with Gasteiger partial charge in [0.1, 0.15) is 6.79 Å². The van der Waals surface area contributed by atoms with Crippen LogP contribution in [0.15, 0.2) is 0 Å². The summed E-state index contributed by atoms with van der Waals surface area (Å²) in [6.07, 6.45) is 40.6. The molecule has 0 rings (SSSR count). The minimum atomic E-state index is -0.250. The number of unbranched alkanes of at least 4 members (excludes halogenated alkanes) is 22. The number of aliphatic hydroxyl groups excluding tert-OH is 2.